The Labute approximate surface area is 124 Å². The summed E-state index contributed by atoms with van der Waals surface area (Å²) < 4.78 is 5.57. The van der Waals surface area contributed by atoms with E-state index in [1.165, 1.54) is 11.3 Å². The summed E-state index contributed by atoms with van der Waals surface area (Å²) in [7, 11) is 0. The Bertz CT molecular complexity index is 728. The fraction of sp³-hybridized carbons (Fsp3) is 0. The summed E-state index contributed by atoms with van der Waals surface area (Å²) in [5.41, 5.74) is 0.826. The van der Waals surface area contributed by atoms with Gasteiger partial charge < -0.3 is 9.84 Å². The summed E-state index contributed by atoms with van der Waals surface area (Å²) in [6.45, 7) is 0. The normalized spacial score (nSPS) is 10.4. The third-order valence-electron chi connectivity index (χ3n) is 2.55. The highest BCUT2D eigenvalue weighted by Crippen LogP contribution is 2.34. The molecule has 0 saturated carbocycles. The minimum absolute atomic E-state index is 0.186. The van der Waals surface area contributed by atoms with Gasteiger partial charge in [-0.1, -0.05) is 46.2 Å². The van der Waals surface area contributed by atoms with Crippen molar-refractivity contribution in [1.29, 1.82) is 0 Å². The first-order valence-electron chi connectivity index (χ1n) is 5.78. The minimum atomic E-state index is 0.186. The largest absolute Gasteiger partial charge is 0.508 e. The lowest BCUT2D eigenvalue weighted by molar-refractivity contribution is 0.460. The Morgan fingerprint density at radius 3 is 2.50 bits per heavy atom. The van der Waals surface area contributed by atoms with Crippen LogP contribution in [0.5, 0.6) is 16.7 Å². The molecule has 3 rings (SSSR count). The molecule has 0 radical (unpaired) electrons. The Balaban J connectivity index is 1.84. The summed E-state index contributed by atoms with van der Waals surface area (Å²) in [6, 6.07) is 13.9. The summed E-state index contributed by atoms with van der Waals surface area (Å²) in [5, 5.41) is 19.0. The first kappa shape index (κ1) is 12.9. The predicted octanol–water partition coefficient (Wildman–Crippen LogP) is 4.36. The van der Waals surface area contributed by atoms with Crippen LogP contribution in [0.2, 0.25) is 5.02 Å². The van der Waals surface area contributed by atoms with Crippen LogP contribution in [-0.2, 0) is 0 Å². The van der Waals surface area contributed by atoms with Crippen LogP contribution < -0.4 is 4.74 Å². The van der Waals surface area contributed by atoms with E-state index in [2.05, 4.69) is 10.2 Å². The second-order valence-electron chi connectivity index (χ2n) is 3.95. The van der Waals surface area contributed by atoms with Gasteiger partial charge in [-0.15, -0.1) is 5.10 Å². The molecule has 0 saturated heterocycles. The molecule has 100 valence electrons. The highest BCUT2D eigenvalue weighted by atomic mass is 35.5. The van der Waals surface area contributed by atoms with Crippen molar-refractivity contribution < 1.29 is 9.84 Å². The quantitative estimate of drug-likeness (QED) is 0.781. The molecule has 20 heavy (non-hydrogen) atoms. The first-order valence-corrected chi connectivity index (χ1v) is 6.97. The molecule has 1 heterocycles. The molecule has 3 aromatic rings. The van der Waals surface area contributed by atoms with Gasteiger partial charge in [-0.25, -0.2) is 0 Å². The lowest BCUT2D eigenvalue weighted by Gasteiger charge is -2.00. The molecular formula is C14H9ClN2O2S. The number of phenols is 1. The van der Waals surface area contributed by atoms with E-state index in [1.807, 2.05) is 18.2 Å². The van der Waals surface area contributed by atoms with E-state index in [4.69, 9.17) is 16.3 Å². The van der Waals surface area contributed by atoms with Crippen molar-refractivity contribution in [3.63, 3.8) is 0 Å². The highest BCUT2D eigenvalue weighted by Gasteiger charge is 2.11. The van der Waals surface area contributed by atoms with Crippen LogP contribution in [0.4, 0.5) is 0 Å². The van der Waals surface area contributed by atoms with Crippen LogP contribution in [-0.4, -0.2) is 15.3 Å². The van der Waals surface area contributed by atoms with Gasteiger partial charge in [-0.3, -0.25) is 0 Å². The maximum Gasteiger partial charge on any atom is 0.299 e. The molecule has 4 nitrogen and oxygen atoms in total. The molecule has 0 aliphatic rings. The first-order chi connectivity index (χ1) is 9.72. The molecule has 0 spiro atoms. The number of nitrogens with zero attached hydrogens (tertiary/aromatic N) is 2. The van der Waals surface area contributed by atoms with E-state index in [9.17, 15) is 5.11 Å². The number of phenolic OH excluding ortho intramolecular Hbond substituents is 1. The number of hydrogen-bond acceptors (Lipinski definition) is 5. The van der Waals surface area contributed by atoms with Gasteiger partial charge in [0.05, 0.1) is 5.02 Å². The number of halogens is 1. The van der Waals surface area contributed by atoms with E-state index in [-0.39, 0.29) is 5.75 Å². The van der Waals surface area contributed by atoms with Crippen molar-refractivity contribution in [2.45, 2.75) is 0 Å². The molecule has 6 heteroatoms. The molecule has 0 aliphatic heterocycles. The Hall–Kier alpha value is -2.11. The number of hydrogen-bond donors (Lipinski definition) is 1. The van der Waals surface area contributed by atoms with Crippen LogP contribution in [0.3, 0.4) is 0 Å². The van der Waals surface area contributed by atoms with Gasteiger partial charge in [0, 0.05) is 5.56 Å². The van der Waals surface area contributed by atoms with Gasteiger partial charge in [-0.05, 0) is 30.3 Å². The van der Waals surface area contributed by atoms with Gasteiger partial charge >= 0.3 is 0 Å². The van der Waals surface area contributed by atoms with Crippen molar-refractivity contribution in [3.8, 4) is 27.3 Å². The summed E-state index contributed by atoms with van der Waals surface area (Å²) in [6.07, 6.45) is 0. The second-order valence-corrected chi connectivity index (χ2v) is 5.30. The van der Waals surface area contributed by atoms with E-state index >= 15 is 0 Å². The van der Waals surface area contributed by atoms with Crippen molar-refractivity contribution in [2.24, 2.45) is 0 Å². The standard InChI is InChI=1S/C14H9ClN2O2S/c15-12-4-2-1-3-11(12)13-16-17-14(20-13)19-10-7-5-9(18)6-8-10/h1-8,18H. The van der Waals surface area contributed by atoms with Crippen molar-refractivity contribution in [3.05, 3.63) is 53.6 Å². The average Bonchev–Trinajstić information content (AvgIpc) is 2.90. The van der Waals surface area contributed by atoms with Gasteiger partial charge in [0.2, 0.25) is 0 Å². The van der Waals surface area contributed by atoms with E-state index in [0.717, 1.165) is 5.56 Å². The summed E-state index contributed by atoms with van der Waals surface area (Å²) >= 11 is 7.42. The molecule has 0 bridgehead atoms. The third-order valence-corrected chi connectivity index (χ3v) is 3.72. The van der Waals surface area contributed by atoms with Crippen LogP contribution in [0, 0.1) is 0 Å². The molecule has 0 atom stereocenters. The molecule has 1 aromatic heterocycles. The minimum Gasteiger partial charge on any atom is -0.508 e. The van der Waals surface area contributed by atoms with E-state index < -0.39 is 0 Å². The average molecular weight is 305 g/mol. The third kappa shape index (κ3) is 2.74. The fourth-order valence-corrected chi connectivity index (χ4v) is 2.65. The van der Waals surface area contributed by atoms with E-state index in [1.54, 1.807) is 30.3 Å². The number of rotatable bonds is 3. The zero-order valence-corrected chi connectivity index (χ0v) is 11.7. The number of benzene rings is 2. The SMILES string of the molecule is Oc1ccc(Oc2nnc(-c3ccccc3Cl)s2)cc1. The zero-order chi connectivity index (χ0) is 13.9. The van der Waals surface area contributed by atoms with Crippen LogP contribution in [0.25, 0.3) is 10.6 Å². The van der Waals surface area contributed by atoms with Crippen LogP contribution >= 0.6 is 22.9 Å². The summed E-state index contributed by atoms with van der Waals surface area (Å²) in [4.78, 5) is 0. The predicted molar refractivity (Wildman–Crippen MR) is 78.5 cm³/mol. The van der Waals surface area contributed by atoms with Gasteiger partial charge in [0.25, 0.3) is 5.19 Å². The number of aromatic hydroxyl groups is 1. The van der Waals surface area contributed by atoms with Crippen LogP contribution in [0.1, 0.15) is 0 Å². The van der Waals surface area contributed by atoms with Crippen molar-refractivity contribution >= 4 is 22.9 Å². The van der Waals surface area contributed by atoms with Gasteiger partial charge in [0.1, 0.15) is 11.5 Å². The molecule has 1 N–H and O–H groups in total. The van der Waals surface area contributed by atoms with Crippen molar-refractivity contribution in [2.75, 3.05) is 0 Å². The lowest BCUT2D eigenvalue weighted by Crippen LogP contribution is -1.82. The van der Waals surface area contributed by atoms with Gasteiger partial charge in [0.15, 0.2) is 5.01 Å². The second kappa shape index (κ2) is 5.48. The van der Waals surface area contributed by atoms with Gasteiger partial charge in [-0.2, -0.15) is 0 Å². The van der Waals surface area contributed by atoms with Crippen LogP contribution in [0.15, 0.2) is 48.5 Å². The summed E-state index contributed by atoms with van der Waals surface area (Å²) in [5.74, 6) is 0.774. The smallest absolute Gasteiger partial charge is 0.299 e. The lowest BCUT2D eigenvalue weighted by atomic mass is 10.2. The molecule has 0 unspecified atom stereocenters. The topological polar surface area (TPSA) is 55.2 Å². The number of aromatic nitrogens is 2. The molecule has 2 aromatic carbocycles. The monoisotopic (exact) mass is 304 g/mol. The maximum atomic E-state index is 9.21. The molecule has 0 fully saturated rings. The molecule has 0 aliphatic carbocycles. The number of ether oxygens (including phenoxy) is 1. The Morgan fingerprint density at radius 2 is 1.75 bits per heavy atom. The highest BCUT2D eigenvalue weighted by molar-refractivity contribution is 7.16. The Kier molecular flexibility index (Phi) is 3.54. The van der Waals surface area contributed by atoms with Crippen molar-refractivity contribution in [1.82, 2.24) is 10.2 Å². The molecular weight excluding hydrogens is 296 g/mol. The van der Waals surface area contributed by atoms with E-state index in [0.29, 0.717) is 21.0 Å². The zero-order valence-electron chi connectivity index (χ0n) is 10.2. The fourth-order valence-electron chi connectivity index (χ4n) is 1.61. The molecule has 0 amide bonds. The maximum absolute atomic E-state index is 9.21. The Morgan fingerprint density at radius 1 is 1.00 bits per heavy atom.